The molecule has 0 saturated heterocycles. The molecule has 0 aromatic carbocycles. The number of nitrogens with zero attached hydrogens (tertiary/aromatic N) is 1. The van der Waals surface area contributed by atoms with E-state index in [1.54, 1.807) is 0 Å². The Bertz CT molecular complexity index is 325. The van der Waals surface area contributed by atoms with Gasteiger partial charge in [-0.1, -0.05) is 34.1 Å². The highest BCUT2D eigenvalue weighted by atomic mass is 16.4. The lowest BCUT2D eigenvalue weighted by Gasteiger charge is -2.46. The summed E-state index contributed by atoms with van der Waals surface area (Å²) in [6.07, 6.45) is 4.08. The van der Waals surface area contributed by atoms with Gasteiger partial charge in [0.1, 0.15) is 0 Å². The van der Waals surface area contributed by atoms with Crippen molar-refractivity contribution in [3.63, 3.8) is 0 Å². The molecule has 20 heavy (non-hydrogen) atoms. The number of aliphatic carboxylic acids is 1. The largest absolute Gasteiger partial charge is 0.481 e. The number of hydrogen-bond donors (Lipinski definition) is 1. The van der Waals surface area contributed by atoms with Gasteiger partial charge in [-0.15, -0.1) is 0 Å². The van der Waals surface area contributed by atoms with Crippen LogP contribution in [0.25, 0.3) is 0 Å². The molecular formula is C17H33NO2. The molecule has 0 bridgehead atoms. The Morgan fingerprint density at radius 2 is 1.90 bits per heavy atom. The molecule has 1 N–H and O–H groups in total. The summed E-state index contributed by atoms with van der Waals surface area (Å²) in [5.41, 5.74) is 0.318. The molecule has 1 saturated carbocycles. The molecule has 1 rings (SSSR count). The molecule has 0 aliphatic heterocycles. The molecule has 3 atom stereocenters. The van der Waals surface area contributed by atoms with Gasteiger partial charge < -0.3 is 5.11 Å². The van der Waals surface area contributed by atoms with Crippen molar-refractivity contribution >= 4 is 5.97 Å². The van der Waals surface area contributed by atoms with Crippen molar-refractivity contribution in [3.8, 4) is 0 Å². The molecule has 3 unspecified atom stereocenters. The first-order valence-corrected chi connectivity index (χ1v) is 8.23. The number of rotatable bonds is 6. The molecule has 0 radical (unpaired) electrons. The fourth-order valence-electron chi connectivity index (χ4n) is 3.78. The molecule has 0 spiro atoms. The normalized spacial score (nSPS) is 28.1. The Balaban J connectivity index is 2.95. The summed E-state index contributed by atoms with van der Waals surface area (Å²) in [7, 11) is 0. The smallest absolute Gasteiger partial charge is 0.308 e. The lowest BCUT2D eigenvalue weighted by Crippen LogP contribution is -2.51. The predicted molar refractivity (Wildman–Crippen MR) is 83.8 cm³/mol. The number of carbonyl (C=O) groups is 1. The standard InChI is InChI=1S/C17H33NO2/c1-7-17(5,6)13-9-10-14(16(19)20)15(11-13)18(8-2)12(3)4/h12-15H,7-11H2,1-6H3,(H,19,20). The number of hydrogen-bond acceptors (Lipinski definition) is 2. The third-order valence-corrected chi connectivity index (χ3v) is 5.60. The van der Waals surface area contributed by atoms with Crippen molar-refractivity contribution in [2.75, 3.05) is 6.54 Å². The minimum absolute atomic E-state index is 0.193. The molecule has 0 amide bonds. The fourth-order valence-corrected chi connectivity index (χ4v) is 3.78. The minimum atomic E-state index is -0.609. The molecule has 1 aliphatic rings. The van der Waals surface area contributed by atoms with Crippen molar-refractivity contribution < 1.29 is 9.90 Å². The van der Waals surface area contributed by atoms with Crippen LogP contribution in [0.1, 0.15) is 67.2 Å². The van der Waals surface area contributed by atoms with Crippen molar-refractivity contribution in [2.24, 2.45) is 17.3 Å². The highest BCUT2D eigenvalue weighted by Gasteiger charge is 2.42. The maximum Gasteiger partial charge on any atom is 0.308 e. The van der Waals surface area contributed by atoms with E-state index in [0.717, 1.165) is 32.2 Å². The highest BCUT2D eigenvalue weighted by molar-refractivity contribution is 5.71. The number of carboxylic acids is 1. The second-order valence-corrected chi connectivity index (χ2v) is 7.29. The van der Waals surface area contributed by atoms with Crippen molar-refractivity contribution in [1.29, 1.82) is 0 Å². The van der Waals surface area contributed by atoms with Gasteiger partial charge in [-0.25, -0.2) is 0 Å². The molecule has 3 heteroatoms. The predicted octanol–water partition coefficient (Wildman–Crippen LogP) is 4.02. The summed E-state index contributed by atoms with van der Waals surface area (Å²) in [6.45, 7) is 14.4. The fraction of sp³-hybridized carbons (Fsp3) is 0.941. The summed E-state index contributed by atoms with van der Waals surface area (Å²) < 4.78 is 0. The van der Waals surface area contributed by atoms with Gasteiger partial charge in [0, 0.05) is 12.1 Å². The van der Waals surface area contributed by atoms with E-state index in [1.165, 1.54) is 0 Å². The number of carboxylic acid groups (broad SMARTS) is 1. The Morgan fingerprint density at radius 3 is 2.30 bits per heavy atom. The molecular weight excluding hydrogens is 250 g/mol. The molecule has 0 aromatic heterocycles. The second kappa shape index (κ2) is 6.93. The van der Waals surface area contributed by atoms with Gasteiger partial charge in [-0.3, -0.25) is 9.69 Å². The van der Waals surface area contributed by atoms with E-state index in [-0.39, 0.29) is 12.0 Å². The summed E-state index contributed by atoms with van der Waals surface area (Å²) >= 11 is 0. The van der Waals surface area contributed by atoms with E-state index < -0.39 is 5.97 Å². The van der Waals surface area contributed by atoms with Crippen LogP contribution < -0.4 is 0 Å². The first kappa shape index (κ1) is 17.5. The van der Waals surface area contributed by atoms with Crippen LogP contribution in [0.4, 0.5) is 0 Å². The zero-order valence-electron chi connectivity index (χ0n) is 14.1. The molecule has 1 aliphatic carbocycles. The van der Waals surface area contributed by atoms with E-state index in [0.29, 0.717) is 17.4 Å². The van der Waals surface area contributed by atoms with Crippen LogP contribution in [0.3, 0.4) is 0 Å². The quantitative estimate of drug-likeness (QED) is 0.800. The average Bonchev–Trinajstić information content (AvgIpc) is 2.38. The van der Waals surface area contributed by atoms with Gasteiger partial charge in [-0.2, -0.15) is 0 Å². The van der Waals surface area contributed by atoms with E-state index in [1.807, 2.05) is 0 Å². The average molecular weight is 283 g/mol. The molecule has 0 aromatic rings. The van der Waals surface area contributed by atoms with E-state index in [9.17, 15) is 9.90 Å². The van der Waals surface area contributed by atoms with Gasteiger partial charge >= 0.3 is 5.97 Å². The zero-order chi connectivity index (χ0) is 15.5. The van der Waals surface area contributed by atoms with Crippen LogP contribution in [0.15, 0.2) is 0 Å². The Hall–Kier alpha value is -0.570. The first-order valence-electron chi connectivity index (χ1n) is 8.23. The SMILES string of the molecule is CCN(C(C)C)C1CC(C(C)(C)CC)CCC1C(=O)O. The summed E-state index contributed by atoms with van der Waals surface area (Å²) in [5.74, 6) is -0.163. The Kier molecular flexibility index (Phi) is 6.06. The van der Waals surface area contributed by atoms with Crippen LogP contribution in [-0.2, 0) is 4.79 Å². The van der Waals surface area contributed by atoms with E-state index >= 15 is 0 Å². The third-order valence-electron chi connectivity index (χ3n) is 5.60. The van der Waals surface area contributed by atoms with Gasteiger partial charge in [0.05, 0.1) is 5.92 Å². The van der Waals surface area contributed by atoms with Crippen molar-refractivity contribution in [1.82, 2.24) is 4.90 Å². The van der Waals surface area contributed by atoms with E-state index in [4.69, 9.17) is 0 Å². The van der Waals surface area contributed by atoms with Crippen LogP contribution in [0, 0.1) is 17.3 Å². The van der Waals surface area contributed by atoms with Crippen molar-refractivity contribution in [2.45, 2.75) is 79.3 Å². The first-order chi connectivity index (χ1) is 9.24. The van der Waals surface area contributed by atoms with Gasteiger partial charge in [0.25, 0.3) is 0 Å². The van der Waals surface area contributed by atoms with Crippen LogP contribution in [-0.4, -0.2) is 34.6 Å². The van der Waals surface area contributed by atoms with E-state index in [2.05, 4.69) is 46.4 Å². The van der Waals surface area contributed by atoms with Crippen LogP contribution in [0.5, 0.6) is 0 Å². The van der Waals surface area contributed by atoms with Gasteiger partial charge in [-0.05, 0) is 51.0 Å². The van der Waals surface area contributed by atoms with Crippen molar-refractivity contribution in [3.05, 3.63) is 0 Å². The maximum absolute atomic E-state index is 11.6. The molecule has 0 heterocycles. The summed E-state index contributed by atoms with van der Waals surface area (Å²) in [6, 6.07) is 0.609. The van der Waals surface area contributed by atoms with Gasteiger partial charge in [0.15, 0.2) is 0 Å². The minimum Gasteiger partial charge on any atom is -0.481 e. The molecule has 118 valence electrons. The monoisotopic (exact) mass is 283 g/mol. The molecule has 3 nitrogen and oxygen atoms in total. The summed E-state index contributed by atoms with van der Waals surface area (Å²) in [4.78, 5) is 14.0. The second-order valence-electron chi connectivity index (χ2n) is 7.29. The summed E-state index contributed by atoms with van der Waals surface area (Å²) in [5, 5.41) is 9.55. The Labute approximate surface area is 124 Å². The zero-order valence-corrected chi connectivity index (χ0v) is 14.1. The van der Waals surface area contributed by atoms with Gasteiger partial charge in [0.2, 0.25) is 0 Å². The molecule has 1 fully saturated rings. The Morgan fingerprint density at radius 1 is 1.30 bits per heavy atom. The lowest BCUT2D eigenvalue weighted by molar-refractivity contribution is -0.147. The van der Waals surface area contributed by atoms with Crippen LogP contribution in [0.2, 0.25) is 0 Å². The maximum atomic E-state index is 11.6. The lowest BCUT2D eigenvalue weighted by atomic mass is 9.65. The highest BCUT2D eigenvalue weighted by Crippen LogP contribution is 2.44. The van der Waals surface area contributed by atoms with Crippen LogP contribution >= 0.6 is 0 Å². The third kappa shape index (κ3) is 3.75. The topological polar surface area (TPSA) is 40.5 Å².